The fourth-order valence-electron chi connectivity index (χ4n) is 6.00. The van der Waals surface area contributed by atoms with Crippen LogP contribution in [0.15, 0.2) is 0 Å². The molecule has 0 aliphatic carbocycles. The Bertz CT molecular complexity index is 712. The molecule has 2 atom stereocenters. The third-order valence-electron chi connectivity index (χ3n) is 9.02. The lowest BCUT2D eigenvalue weighted by Crippen LogP contribution is -2.28. The van der Waals surface area contributed by atoms with Gasteiger partial charge in [-0.05, 0) is 12.8 Å². The molecular weight excluding hydrogens is 625 g/mol. The number of phosphoric acid groups is 1. The highest BCUT2D eigenvalue weighted by Crippen LogP contribution is 2.43. The van der Waals surface area contributed by atoms with E-state index >= 15 is 0 Å². The maximum absolute atomic E-state index is 12.5. The van der Waals surface area contributed by atoms with Crippen LogP contribution >= 0.6 is 7.82 Å². The minimum absolute atomic E-state index is 0.0908. The number of rotatable bonds is 40. The van der Waals surface area contributed by atoms with Gasteiger partial charge in [-0.1, -0.05) is 187 Å². The number of nitrogens with two attached hydrogens (primary N) is 1. The summed E-state index contributed by atoms with van der Waals surface area (Å²) in [6, 6.07) is 0. The third kappa shape index (κ3) is 36.8. The molecule has 0 saturated carbocycles. The molecule has 8 nitrogen and oxygen atoms in total. The van der Waals surface area contributed by atoms with Crippen LogP contribution < -0.4 is 5.73 Å². The van der Waals surface area contributed by atoms with Crippen LogP contribution in [0.25, 0.3) is 0 Å². The van der Waals surface area contributed by atoms with Gasteiger partial charge in [0.1, 0.15) is 6.10 Å². The molecule has 9 heteroatoms. The summed E-state index contributed by atoms with van der Waals surface area (Å²) in [7, 11) is -4.26. The number of unbranched alkanes of at least 4 members (excludes halogenated alkanes) is 27. The molecule has 0 aromatic rings. The van der Waals surface area contributed by atoms with E-state index in [1.54, 1.807) is 0 Å². The van der Waals surface area contributed by atoms with Crippen molar-refractivity contribution in [3.63, 3.8) is 0 Å². The quantitative estimate of drug-likeness (QED) is 0.0367. The van der Waals surface area contributed by atoms with Crippen molar-refractivity contribution in [1.29, 1.82) is 0 Å². The molecule has 0 radical (unpaired) electrons. The first-order chi connectivity index (χ1) is 23.4. The predicted octanol–water partition coefficient (Wildman–Crippen LogP) is 11.7. The SMILES string of the molecule is CCCCCCCCCCCCCCCCCCCCCCCCC(=O)OC(COCCCCCCCCC)COP(=O)(O)OCCN. The van der Waals surface area contributed by atoms with Gasteiger partial charge < -0.3 is 20.1 Å². The van der Waals surface area contributed by atoms with Gasteiger partial charge in [-0.15, -0.1) is 0 Å². The van der Waals surface area contributed by atoms with E-state index in [0.29, 0.717) is 13.0 Å². The lowest BCUT2D eigenvalue weighted by atomic mass is 10.0. The van der Waals surface area contributed by atoms with Gasteiger partial charge in [-0.3, -0.25) is 13.8 Å². The number of ether oxygens (including phenoxy) is 2. The molecule has 288 valence electrons. The third-order valence-corrected chi connectivity index (χ3v) is 10.0. The second-order valence-electron chi connectivity index (χ2n) is 13.9. The van der Waals surface area contributed by atoms with Gasteiger partial charge in [0.25, 0.3) is 0 Å². The first-order valence-corrected chi connectivity index (χ1v) is 22.0. The Hall–Kier alpha value is -0.500. The maximum atomic E-state index is 12.5. The highest BCUT2D eigenvalue weighted by atomic mass is 31.2. The Morgan fingerprint density at radius 1 is 0.542 bits per heavy atom. The second kappa shape index (κ2) is 37.7. The van der Waals surface area contributed by atoms with Gasteiger partial charge in [-0.2, -0.15) is 0 Å². The summed E-state index contributed by atoms with van der Waals surface area (Å²) < 4.78 is 33.2. The summed E-state index contributed by atoms with van der Waals surface area (Å²) >= 11 is 0. The number of phosphoric ester groups is 1. The van der Waals surface area contributed by atoms with Crippen molar-refractivity contribution in [1.82, 2.24) is 0 Å². The van der Waals surface area contributed by atoms with Gasteiger partial charge in [0, 0.05) is 19.6 Å². The fourth-order valence-corrected chi connectivity index (χ4v) is 6.76. The van der Waals surface area contributed by atoms with Crippen LogP contribution in [0.3, 0.4) is 0 Å². The molecular formula is C39H80NO7P. The summed E-state index contributed by atoms with van der Waals surface area (Å²) in [4.78, 5) is 22.3. The van der Waals surface area contributed by atoms with Gasteiger partial charge in [0.15, 0.2) is 0 Å². The van der Waals surface area contributed by atoms with Crippen molar-refractivity contribution in [3.05, 3.63) is 0 Å². The molecule has 0 aliphatic heterocycles. The van der Waals surface area contributed by atoms with E-state index in [1.165, 1.54) is 154 Å². The lowest BCUT2D eigenvalue weighted by molar-refractivity contribution is -0.154. The fraction of sp³-hybridized carbons (Fsp3) is 0.974. The van der Waals surface area contributed by atoms with Crippen molar-refractivity contribution >= 4 is 13.8 Å². The zero-order chi connectivity index (χ0) is 35.2. The van der Waals surface area contributed by atoms with Crippen molar-refractivity contribution in [3.8, 4) is 0 Å². The predicted molar refractivity (Wildman–Crippen MR) is 201 cm³/mol. The molecule has 48 heavy (non-hydrogen) atoms. The van der Waals surface area contributed by atoms with E-state index in [-0.39, 0.29) is 32.3 Å². The average Bonchev–Trinajstić information content (AvgIpc) is 3.07. The normalized spacial score (nSPS) is 13.5. The van der Waals surface area contributed by atoms with Crippen LogP contribution in [0.2, 0.25) is 0 Å². The molecule has 0 fully saturated rings. The summed E-state index contributed by atoms with van der Waals surface area (Å²) in [5.74, 6) is -0.327. The average molecular weight is 706 g/mol. The monoisotopic (exact) mass is 706 g/mol. The molecule has 2 unspecified atom stereocenters. The topological polar surface area (TPSA) is 117 Å². The molecule has 0 heterocycles. The number of esters is 1. The van der Waals surface area contributed by atoms with Gasteiger partial charge in [-0.25, -0.2) is 4.57 Å². The number of hydrogen-bond donors (Lipinski definition) is 2. The van der Waals surface area contributed by atoms with Gasteiger partial charge >= 0.3 is 13.8 Å². The largest absolute Gasteiger partial charge is 0.472 e. The van der Waals surface area contributed by atoms with E-state index in [9.17, 15) is 14.3 Å². The summed E-state index contributed by atoms with van der Waals surface area (Å²) in [5, 5.41) is 0. The molecule has 0 saturated heterocycles. The maximum Gasteiger partial charge on any atom is 0.472 e. The Labute approximate surface area is 297 Å². The zero-order valence-corrected chi connectivity index (χ0v) is 32.6. The van der Waals surface area contributed by atoms with E-state index < -0.39 is 13.9 Å². The Balaban J connectivity index is 3.83. The highest BCUT2D eigenvalue weighted by molar-refractivity contribution is 7.47. The zero-order valence-electron chi connectivity index (χ0n) is 31.7. The van der Waals surface area contributed by atoms with Crippen LogP contribution in [-0.2, 0) is 27.9 Å². The van der Waals surface area contributed by atoms with Gasteiger partial charge in [0.2, 0.25) is 0 Å². The van der Waals surface area contributed by atoms with Crippen LogP contribution in [0, 0.1) is 0 Å². The van der Waals surface area contributed by atoms with Crippen molar-refractivity contribution < 1.29 is 32.8 Å². The molecule has 0 rings (SSSR count). The summed E-state index contributed by atoms with van der Waals surface area (Å²) in [6.07, 6.45) is 37.1. The molecule has 0 aliphatic rings. The van der Waals surface area contributed by atoms with Crippen LogP contribution in [0.5, 0.6) is 0 Å². The molecule has 0 spiro atoms. The van der Waals surface area contributed by atoms with Crippen LogP contribution in [-0.4, -0.2) is 49.9 Å². The van der Waals surface area contributed by atoms with Crippen LogP contribution in [0.1, 0.15) is 206 Å². The number of carbonyl (C=O) groups excluding carboxylic acids is 1. The van der Waals surface area contributed by atoms with E-state index in [4.69, 9.17) is 24.3 Å². The van der Waals surface area contributed by atoms with Crippen LogP contribution in [0.4, 0.5) is 0 Å². The highest BCUT2D eigenvalue weighted by Gasteiger charge is 2.25. The Morgan fingerprint density at radius 2 is 0.917 bits per heavy atom. The first-order valence-electron chi connectivity index (χ1n) is 20.5. The molecule has 0 aromatic heterocycles. The van der Waals surface area contributed by atoms with E-state index in [2.05, 4.69) is 13.8 Å². The van der Waals surface area contributed by atoms with E-state index in [1.807, 2.05) is 0 Å². The molecule has 0 amide bonds. The van der Waals surface area contributed by atoms with Gasteiger partial charge in [0.05, 0.1) is 19.8 Å². The van der Waals surface area contributed by atoms with Crippen molar-refractivity contribution in [2.24, 2.45) is 5.73 Å². The first kappa shape index (κ1) is 47.5. The minimum atomic E-state index is -4.26. The molecule has 3 N–H and O–H groups in total. The number of hydrogen-bond acceptors (Lipinski definition) is 7. The molecule has 0 bridgehead atoms. The van der Waals surface area contributed by atoms with Crippen molar-refractivity contribution in [2.45, 2.75) is 213 Å². The smallest absolute Gasteiger partial charge is 0.457 e. The van der Waals surface area contributed by atoms with Crippen molar-refractivity contribution in [2.75, 3.05) is 33.0 Å². The van der Waals surface area contributed by atoms with E-state index in [0.717, 1.165) is 32.1 Å². The second-order valence-corrected chi connectivity index (χ2v) is 15.3. The summed E-state index contributed by atoms with van der Waals surface area (Å²) in [5.41, 5.74) is 5.34. The Kier molecular flexibility index (Phi) is 37.4. The number of carbonyl (C=O) groups is 1. The Morgan fingerprint density at radius 3 is 1.31 bits per heavy atom. The minimum Gasteiger partial charge on any atom is -0.457 e. The standard InChI is InChI=1S/C39H80NO7P/c1-3-5-7-9-11-12-13-14-15-16-17-18-19-20-21-22-23-24-25-26-28-30-32-39(41)47-38(37-46-48(42,43)45-35-33-40)36-44-34-31-29-27-10-8-6-4-2/h38H,3-37,40H2,1-2H3,(H,42,43). The summed E-state index contributed by atoms with van der Waals surface area (Å²) in [6.45, 7) is 4.93. The molecule has 0 aromatic carbocycles. The lowest BCUT2D eigenvalue weighted by Gasteiger charge is -2.20.